The largest absolute Gasteiger partial charge is 0.467 e. The van der Waals surface area contributed by atoms with E-state index in [-0.39, 0.29) is 17.9 Å². The van der Waals surface area contributed by atoms with Crippen LogP contribution < -0.4 is 11.1 Å². The van der Waals surface area contributed by atoms with Gasteiger partial charge in [-0.1, -0.05) is 30.3 Å². The fourth-order valence-corrected chi connectivity index (χ4v) is 2.68. The second-order valence-corrected chi connectivity index (χ2v) is 5.49. The molecule has 114 valence electrons. The minimum atomic E-state index is -0.751. The van der Waals surface area contributed by atoms with Crippen molar-refractivity contribution < 1.29 is 14.3 Å². The Morgan fingerprint density at radius 1 is 1.19 bits per heavy atom. The number of rotatable bonds is 4. The van der Waals surface area contributed by atoms with Crippen molar-refractivity contribution in [1.29, 1.82) is 0 Å². The topological polar surface area (TPSA) is 81.4 Å². The maximum atomic E-state index is 12.3. The molecule has 3 N–H and O–H groups in total. The van der Waals surface area contributed by atoms with Crippen molar-refractivity contribution in [2.45, 2.75) is 37.8 Å². The van der Waals surface area contributed by atoms with Gasteiger partial charge < -0.3 is 15.8 Å². The van der Waals surface area contributed by atoms with Crippen molar-refractivity contribution in [3.8, 4) is 0 Å². The van der Waals surface area contributed by atoms with Gasteiger partial charge in [0.05, 0.1) is 7.11 Å². The van der Waals surface area contributed by atoms with Gasteiger partial charge in [-0.2, -0.15) is 0 Å². The molecule has 1 unspecified atom stereocenters. The van der Waals surface area contributed by atoms with Crippen LogP contribution in [0, 0.1) is 5.92 Å². The number of methoxy groups -OCH3 is 1. The molecule has 1 aliphatic rings. The highest BCUT2D eigenvalue weighted by atomic mass is 16.5. The summed E-state index contributed by atoms with van der Waals surface area (Å²) in [6.07, 6.45) is 3.25. The smallest absolute Gasteiger partial charge is 0.333 e. The molecule has 1 aromatic carbocycles. The monoisotopic (exact) mass is 290 g/mol. The zero-order valence-electron chi connectivity index (χ0n) is 12.2. The lowest BCUT2D eigenvalue weighted by molar-refractivity contribution is -0.146. The Labute approximate surface area is 124 Å². The number of hydrogen-bond acceptors (Lipinski definition) is 4. The van der Waals surface area contributed by atoms with E-state index in [0.717, 1.165) is 31.2 Å². The van der Waals surface area contributed by atoms with Crippen LogP contribution in [0.3, 0.4) is 0 Å². The first-order valence-corrected chi connectivity index (χ1v) is 7.30. The Kier molecular flexibility index (Phi) is 5.33. The standard InChI is InChI=1S/C16H22N2O3/c1-21-16(20)14(11-5-3-2-4-6-11)18-15(19)12-7-9-13(17)10-8-12/h2-6,12-14H,7-10,17H2,1H3,(H,18,19). The first-order valence-electron chi connectivity index (χ1n) is 7.30. The van der Waals surface area contributed by atoms with E-state index in [4.69, 9.17) is 10.5 Å². The molecule has 1 aromatic rings. The third-order valence-corrected chi connectivity index (χ3v) is 4.00. The predicted molar refractivity (Wildman–Crippen MR) is 79.3 cm³/mol. The Balaban J connectivity index is 2.05. The van der Waals surface area contributed by atoms with Crippen LogP contribution in [0.25, 0.3) is 0 Å². The van der Waals surface area contributed by atoms with Crippen molar-refractivity contribution in [2.24, 2.45) is 11.7 Å². The predicted octanol–water partition coefficient (Wildman–Crippen LogP) is 1.53. The second kappa shape index (κ2) is 7.22. The number of nitrogens with two attached hydrogens (primary N) is 1. The molecule has 0 radical (unpaired) electrons. The van der Waals surface area contributed by atoms with Crippen LogP contribution in [0.1, 0.15) is 37.3 Å². The number of hydrogen-bond donors (Lipinski definition) is 2. The Hall–Kier alpha value is -1.88. The number of amides is 1. The van der Waals surface area contributed by atoms with E-state index in [1.807, 2.05) is 18.2 Å². The molecule has 1 atom stereocenters. The molecular weight excluding hydrogens is 268 g/mol. The molecule has 21 heavy (non-hydrogen) atoms. The summed E-state index contributed by atoms with van der Waals surface area (Å²) in [6, 6.07) is 8.58. The van der Waals surface area contributed by atoms with E-state index in [2.05, 4.69) is 5.32 Å². The van der Waals surface area contributed by atoms with Crippen LogP contribution in [0.2, 0.25) is 0 Å². The molecule has 5 nitrogen and oxygen atoms in total. The quantitative estimate of drug-likeness (QED) is 0.824. The SMILES string of the molecule is COC(=O)C(NC(=O)C1CCC(N)CC1)c1ccccc1. The molecule has 1 amide bonds. The molecular formula is C16H22N2O3. The van der Waals surface area contributed by atoms with Crippen LogP contribution in [0.5, 0.6) is 0 Å². The van der Waals surface area contributed by atoms with Gasteiger partial charge in [-0.3, -0.25) is 4.79 Å². The average Bonchev–Trinajstić information content (AvgIpc) is 2.53. The molecule has 1 aliphatic carbocycles. The third kappa shape index (κ3) is 4.04. The molecule has 0 saturated heterocycles. The Bertz CT molecular complexity index is 482. The molecule has 0 aromatic heterocycles. The van der Waals surface area contributed by atoms with E-state index < -0.39 is 12.0 Å². The van der Waals surface area contributed by atoms with Crippen LogP contribution in [0.4, 0.5) is 0 Å². The lowest BCUT2D eigenvalue weighted by Gasteiger charge is -2.27. The third-order valence-electron chi connectivity index (χ3n) is 4.00. The molecule has 0 aliphatic heterocycles. The van der Waals surface area contributed by atoms with Gasteiger partial charge in [-0.25, -0.2) is 4.79 Å². The molecule has 0 heterocycles. The first kappa shape index (κ1) is 15.5. The molecule has 2 rings (SSSR count). The van der Waals surface area contributed by atoms with Crippen LogP contribution >= 0.6 is 0 Å². The summed E-state index contributed by atoms with van der Waals surface area (Å²) in [4.78, 5) is 24.3. The van der Waals surface area contributed by atoms with E-state index in [1.165, 1.54) is 7.11 Å². The minimum absolute atomic E-state index is 0.0688. The minimum Gasteiger partial charge on any atom is -0.467 e. The highest BCUT2D eigenvalue weighted by Crippen LogP contribution is 2.24. The normalized spacial score (nSPS) is 23.1. The van der Waals surface area contributed by atoms with Gasteiger partial charge in [0.1, 0.15) is 0 Å². The second-order valence-electron chi connectivity index (χ2n) is 5.49. The van der Waals surface area contributed by atoms with Gasteiger partial charge in [0, 0.05) is 12.0 Å². The average molecular weight is 290 g/mol. The summed E-state index contributed by atoms with van der Waals surface area (Å²) in [5.74, 6) is -0.621. The fourth-order valence-electron chi connectivity index (χ4n) is 2.68. The number of nitrogens with one attached hydrogen (secondary N) is 1. The Morgan fingerprint density at radius 2 is 1.81 bits per heavy atom. The van der Waals surface area contributed by atoms with E-state index >= 15 is 0 Å². The van der Waals surface area contributed by atoms with Crippen LogP contribution in [-0.4, -0.2) is 25.0 Å². The van der Waals surface area contributed by atoms with Gasteiger partial charge >= 0.3 is 5.97 Å². The van der Waals surface area contributed by atoms with Crippen molar-refractivity contribution in [2.75, 3.05) is 7.11 Å². The zero-order chi connectivity index (χ0) is 15.2. The van der Waals surface area contributed by atoms with Gasteiger partial charge in [0.2, 0.25) is 5.91 Å². The maximum absolute atomic E-state index is 12.3. The summed E-state index contributed by atoms with van der Waals surface area (Å²) in [7, 11) is 1.32. The van der Waals surface area contributed by atoms with Crippen LogP contribution in [-0.2, 0) is 14.3 Å². The van der Waals surface area contributed by atoms with Gasteiger partial charge in [0.25, 0.3) is 0 Å². The van der Waals surface area contributed by atoms with E-state index in [0.29, 0.717) is 0 Å². The van der Waals surface area contributed by atoms with Crippen molar-refractivity contribution in [3.63, 3.8) is 0 Å². The van der Waals surface area contributed by atoms with Crippen molar-refractivity contribution >= 4 is 11.9 Å². The summed E-state index contributed by atoms with van der Waals surface area (Å²) in [6.45, 7) is 0. The number of carbonyl (C=O) groups excluding carboxylic acids is 2. The van der Waals surface area contributed by atoms with Crippen molar-refractivity contribution in [3.05, 3.63) is 35.9 Å². The first-order chi connectivity index (χ1) is 10.1. The number of esters is 1. The molecule has 1 saturated carbocycles. The molecule has 0 spiro atoms. The fraction of sp³-hybridized carbons (Fsp3) is 0.500. The van der Waals surface area contributed by atoms with Crippen molar-refractivity contribution in [1.82, 2.24) is 5.32 Å². The number of benzene rings is 1. The summed E-state index contributed by atoms with van der Waals surface area (Å²) in [5, 5.41) is 2.81. The maximum Gasteiger partial charge on any atom is 0.333 e. The highest BCUT2D eigenvalue weighted by molar-refractivity contribution is 5.86. The summed E-state index contributed by atoms with van der Waals surface area (Å²) < 4.78 is 4.80. The number of carbonyl (C=O) groups is 2. The molecule has 0 bridgehead atoms. The molecule has 1 fully saturated rings. The van der Waals surface area contributed by atoms with Gasteiger partial charge in [-0.05, 0) is 31.2 Å². The lowest BCUT2D eigenvalue weighted by Crippen LogP contribution is -2.40. The highest BCUT2D eigenvalue weighted by Gasteiger charge is 2.29. The summed E-state index contributed by atoms with van der Waals surface area (Å²) in [5.41, 5.74) is 6.58. The molecule has 5 heteroatoms. The van der Waals surface area contributed by atoms with Crippen LogP contribution in [0.15, 0.2) is 30.3 Å². The van der Waals surface area contributed by atoms with Gasteiger partial charge in [0.15, 0.2) is 6.04 Å². The van der Waals surface area contributed by atoms with E-state index in [1.54, 1.807) is 12.1 Å². The van der Waals surface area contributed by atoms with Gasteiger partial charge in [-0.15, -0.1) is 0 Å². The van der Waals surface area contributed by atoms with E-state index in [9.17, 15) is 9.59 Å². The zero-order valence-corrected chi connectivity index (χ0v) is 12.2. The Morgan fingerprint density at radius 3 is 2.38 bits per heavy atom. The lowest BCUT2D eigenvalue weighted by atomic mass is 9.85. The summed E-state index contributed by atoms with van der Waals surface area (Å²) >= 11 is 0. The number of ether oxygens (including phenoxy) is 1.